The molecule has 0 N–H and O–H groups in total. The molecule has 112 valence electrons. The van der Waals surface area contributed by atoms with Crippen molar-refractivity contribution in [2.45, 2.75) is 26.4 Å². The second-order valence-corrected chi connectivity index (χ2v) is 6.59. The second kappa shape index (κ2) is 7.16. The van der Waals surface area contributed by atoms with E-state index < -0.39 is 0 Å². The van der Waals surface area contributed by atoms with Gasteiger partial charge in [-0.15, -0.1) is 11.3 Å². The molecule has 0 spiro atoms. The van der Waals surface area contributed by atoms with Gasteiger partial charge in [-0.05, 0) is 32.0 Å². The predicted octanol–water partition coefficient (Wildman–Crippen LogP) is 3.16. The molecule has 0 unspecified atom stereocenters. The van der Waals surface area contributed by atoms with Crippen LogP contribution in [0, 0.1) is 6.92 Å². The fraction of sp³-hybridized carbons (Fsp3) is 0.471. The first-order valence-electron chi connectivity index (χ1n) is 7.67. The zero-order valence-electron chi connectivity index (χ0n) is 12.7. The maximum absolute atomic E-state index is 4.40. The van der Waals surface area contributed by atoms with Crippen LogP contribution in [0.5, 0.6) is 0 Å². The Bertz CT molecular complexity index is 536. The molecule has 2 heterocycles. The normalized spacial score (nSPS) is 17.8. The van der Waals surface area contributed by atoms with Crippen LogP contribution in [-0.2, 0) is 13.1 Å². The zero-order chi connectivity index (χ0) is 14.5. The average molecular weight is 301 g/mol. The van der Waals surface area contributed by atoms with E-state index in [1.54, 1.807) is 11.3 Å². The highest BCUT2D eigenvalue weighted by Crippen LogP contribution is 2.12. The molecule has 3 nitrogen and oxygen atoms in total. The van der Waals surface area contributed by atoms with E-state index in [9.17, 15) is 0 Å². The Labute approximate surface area is 131 Å². The van der Waals surface area contributed by atoms with Gasteiger partial charge >= 0.3 is 0 Å². The molecule has 1 fully saturated rings. The van der Waals surface area contributed by atoms with Crippen molar-refractivity contribution in [1.29, 1.82) is 0 Å². The number of nitrogens with zero attached hydrogens (tertiary/aromatic N) is 3. The van der Waals surface area contributed by atoms with Gasteiger partial charge in [0, 0.05) is 31.6 Å². The first-order chi connectivity index (χ1) is 10.3. The SMILES string of the molecule is Cc1ccc(CN2CCCN(Cc3cscn3)CC2)cc1. The van der Waals surface area contributed by atoms with Crippen LogP contribution in [0.25, 0.3) is 0 Å². The number of rotatable bonds is 4. The smallest absolute Gasteiger partial charge is 0.0795 e. The molecule has 0 radical (unpaired) electrons. The van der Waals surface area contributed by atoms with Gasteiger partial charge in [-0.3, -0.25) is 9.80 Å². The minimum absolute atomic E-state index is 1.00. The molecule has 0 amide bonds. The molecule has 1 aliphatic heterocycles. The molecule has 1 aliphatic rings. The number of benzene rings is 1. The first-order valence-corrected chi connectivity index (χ1v) is 8.61. The van der Waals surface area contributed by atoms with Crippen molar-refractivity contribution in [2.75, 3.05) is 26.2 Å². The van der Waals surface area contributed by atoms with Crippen LogP contribution in [-0.4, -0.2) is 41.0 Å². The summed E-state index contributed by atoms with van der Waals surface area (Å²) in [5, 5.41) is 2.16. The molecule has 4 heteroatoms. The van der Waals surface area contributed by atoms with Crippen LogP contribution >= 0.6 is 11.3 Å². The lowest BCUT2D eigenvalue weighted by molar-refractivity contribution is 0.246. The summed E-state index contributed by atoms with van der Waals surface area (Å²) in [7, 11) is 0. The van der Waals surface area contributed by atoms with Gasteiger partial charge in [-0.2, -0.15) is 0 Å². The van der Waals surface area contributed by atoms with Gasteiger partial charge in [0.25, 0.3) is 0 Å². The highest BCUT2D eigenvalue weighted by molar-refractivity contribution is 7.07. The van der Waals surface area contributed by atoms with E-state index in [1.807, 2.05) is 5.51 Å². The quantitative estimate of drug-likeness (QED) is 0.865. The van der Waals surface area contributed by atoms with Gasteiger partial charge < -0.3 is 0 Å². The largest absolute Gasteiger partial charge is 0.298 e. The van der Waals surface area contributed by atoms with Crippen molar-refractivity contribution in [2.24, 2.45) is 0 Å². The van der Waals surface area contributed by atoms with Crippen molar-refractivity contribution in [3.63, 3.8) is 0 Å². The van der Waals surface area contributed by atoms with Crippen LogP contribution in [0.4, 0.5) is 0 Å². The maximum atomic E-state index is 4.40. The van der Waals surface area contributed by atoms with E-state index in [0.717, 1.165) is 26.2 Å². The summed E-state index contributed by atoms with van der Waals surface area (Å²) in [6, 6.07) is 8.93. The predicted molar refractivity (Wildman–Crippen MR) is 88.5 cm³/mol. The first kappa shape index (κ1) is 14.7. The lowest BCUT2D eigenvalue weighted by Crippen LogP contribution is -2.30. The molecule has 0 bridgehead atoms. The Hall–Kier alpha value is -1.23. The van der Waals surface area contributed by atoms with Crippen LogP contribution < -0.4 is 0 Å². The summed E-state index contributed by atoms with van der Waals surface area (Å²) in [4.78, 5) is 9.51. The Balaban J connectivity index is 1.52. The molecular formula is C17H23N3S. The fourth-order valence-corrected chi connectivity index (χ4v) is 3.39. The van der Waals surface area contributed by atoms with E-state index in [0.29, 0.717) is 0 Å². The molecule has 1 aromatic heterocycles. The van der Waals surface area contributed by atoms with Crippen molar-refractivity contribution >= 4 is 11.3 Å². The summed E-state index contributed by atoms with van der Waals surface area (Å²) >= 11 is 1.69. The minimum atomic E-state index is 1.00. The topological polar surface area (TPSA) is 19.4 Å². The summed E-state index contributed by atoms with van der Waals surface area (Å²) < 4.78 is 0. The Morgan fingerprint density at radius 1 is 1.00 bits per heavy atom. The molecule has 0 aliphatic carbocycles. The standard InChI is InChI=1S/C17H23N3S/c1-15-3-5-16(6-4-15)11-19-7-2-8-20(10-9-19)12-17-13-21-14-18-17/h3-6,13-14H,2,7-12H2,1H3. The third-order valence-electron chi connectivity index (χ3n) is 4.08. The van der Waals surface area contributed by atoms with E-state index in [4.69, 9.17) is 0 Å². The lowest BCUT2D eigenvalue weighted by atomic mass is 10.1. The van der Waals surface area contributed by atoms with Gasteiger partial charge in [0.1, 0.15) is 0 Å². The molecule has 21 heavy (non-hydrogen) atoms. The molecule has 1 aromatic carbocycles. The highest BCUT2D eigenvalue weighted by Gasteiger charge is 2.15. The maximum Gasteiger partial charge on any atom is 0.0795 e. The third-order valence-corrected chi connectivity index (χ3v) is 4.71. The van der Waals surface area contributed by atoms with Crippen molar-refractivity contribution in [3.05, 3.63) is 52.0 Å². The van der Waals surface area contributed by atoms with Gasteiger partial charge in [0.05, 0.1) is 11.2 Å². The Morgan fingerprint density at radius 2 is 1.71 bits per heavy atom. The number of hydrogen-bond donors (Lipinski definition) is 0. The number of aromatic nitrogens is 1. The van der Waals surface area contributed by atoms with Gasteiger partial charge in [0.15, 0.2) is 0 Å². The number of thiazole rings is 1. The Kier molecular flexibility index (Phi) is 5.01. The highest BCUT2D eigenvalue weighted by atomic mass is 32.1. The van der Waals surface area contributed by atoms with Crippen molar-refractivity contribution < 1.29 is 0 Å². The minimum Gasteiger partial charge on any atom is -0.298 e. The molecule has 0 saturated carbocycles. The summed E-state index contributed by atoms with van der Waals surface area (Å²) in [6.45, 7) is 8.89. The summed E-state index contributed by atoms with van der Waals surface area (Å²) in [6.07, 6.45) is 1.25. The number of hydrogen-bond acceptors (Lipinski definition) is 4. The van der Waals surface area contributed by atoms with Crippen LogP contribution in [0.1, 0.15) is 23.2 Å². The molecule has 3 rings (SSSR count). The zero-order valence-corrected chi connectivity index (χ0v) is 13.5. The summed E-state index contributed by atoms with van der Waals surface area (Å²) in [5.74, 6) is 0. The van der Waals surface area contributed by atoms with Gasteiger partial charge in [0.2, 0.25) is 0 Å². The lowest BCUT2D eigenvalue weighted by Gasteiger charge is -2.21. The fourth-order valence-electron chi connectivity index (χ4n) is 2.84. The van der Waals surface area contributed by atoms with Crippen LogP contribution in [0.3, 0.4) is 0 Å². The molecule has 0 atom stereocenters. The van der Waals surface area contributed by atoms with E-state index in [2.05, 4.69) is 51.4 Å². The Morgan fingerprint density at radius 3 is 2.38 bits per heavy atom. The van der Waals surface area contributed by atoms with Gasteiger partial charge in [-0.25, -0.2) is 4.98 Å². The van der Waals surface area contributed by atoms with Gasteiger partial charge in [-0.1, -0.05) is 29.8 Å². The molecule has 1 saturated heterocycles. The molecule has 2 aromatic rings. The van der Waals surface area contributed by atoms with E-state index in [-0.39, 0.29) is 0 Å². The molecular weight excluding hydrogens is 278 g/mol. The van der Waals surface area contributed by atoms with Crippen molar-refractivity contribution in [1.82, 2.24) is 14.8 Å². The van der Waals surface area contributed by atoms with E-state index in [1.165, 1.54) is 36.3 Å². The second-order valence-electron chi connectivity index (χ2n) is 5.87. The summed E-state index contributed by atoms with van der Waals surface area (Å²) in [5.41, 5.74) is 5.90. The van der Waals surface area contributed by atoms with Crippen LogP contribution in [0.15, 0.2) is 35.2 Å². The third kappa shape index (κ3) is 4.37. The average Bonchev–Trinajstić information content (AvgIpc) is 2.89. The number of aryl methyl sites for hydroxylation is 1. The van der Waals surface area contributed by atoms with Crippen molar-refractivity contribution in [3.8, 4) is 0 Å². The van der Waals surface area contributed by atoms with Crippen LogP contribution in [0.2, 0.25) is 0 Å². The monoisotopic (exact) mass is 301 g/mol. The van der Waals surface area contributed by atoms with E-state index >= 15 is 0 Å².